The molecule has 0 amide bonds. The predicted molar refractivity (Wildman–Crippen MR) is 92.8 cm³/mol. The summed E-state index contributed by atoms with van der Waals surface area (Å²) in [6.45, 7) is 0. The second kappa shape index (κ2) is 5.92. The molecule has 0 bridgehead atoms. The molecular formula is C19H18N2O3. The number of rotatable bonds is 4. The van der Waals surface area contributed by atoms with Crippen molar-refractivity contribution in [1.29, 1.82) is 0 Å². The number of hydrogen-bond donors (Lipinski definition) is 1. The van der Waals surface area contributed by atoms with Crippen LogP contribution in [0, 0.1) is 0 Å². The van der Waals surface area contributed by atoms with Crippen molar-refractivity contribution in [3.8, 4) is 11.5 Å². The van der Waals surface area contributed by atoms with Crippen LogP contribution >= 0.6 is 0 Å². The van der Waals surface area contributed by atoms with Crippen LogP contribution in [0.1, 0.15) is 23.6 Å². The van der Waals surface area contributed by atoms with Crippen molar-refractivity contribution in [3.05, 3.63) is 59.9 Å². The van der Waals surface area contributed by atoms with Crippen LogP contribution in [-0.4, -0.2) is 19.9 Å². The smallest absolute Gasteiger partial charge is 0.142 e. The molecule has 1 aromatic heterocycles. The second-order valence-corrected chi connectivity index (χ2v) is 5.67. The molecule has 0 aliphatic carbocycles. The van der Waals surface area contributed by atoms with Gasteiger partial charge in [0.05, 0.1) is 43.2 Å². The highest BCUT2D eigenvalue weighted by atomic mass is 16.5. The van der Waals surface area contributed by atoms with Crippen LogP contribution < -0.4 is 14.9 Å². The topological polar surface area (TPSA) is 56.0 Å². The highest BCUT2D eigenvalue weighted by Gasteiger charge is 2.27. The van der Waals surface area contributed by atoms with E-state index < -0.39 is 0 Å². The van der Waals surface area contributed by atoms with E-state index in [0.29, 0.717) is 5.75 Å². The van der Waals surface area contributed by atoms with Gasteiger partial charge in [-0.25, -0.2) is 0 Å². The summed E-state index contributed by atoms with van der Waals surface area (Å²) in [7, 11) is 3.30. The first-order chi connectivity index (χ1) is 11.8. The van der Waals surface area contributed by atoms with Gasteiger partial charge in [-0.15, -0.1) is 0 Å². The molecule has 0 fully saturated rings. The summed E-state index contributed by atoms with van der Waals surface area (Å²) in [5.74, 6) is 1.43. The highest BCUT2D eigenvalue weighted by molar-refractivity contribution is 6.10. The Morgan fingerprint density at radius 2 is 1.96 bits per heavy atom. The van der Waals surface area contributed by atoms with Crippen LogP contribution in [0.15, 0.2) is 58.2 Å². The van der Waals surface area contributed by atoms with Crippen molar-refractivity contribution < 1.29 is 13.9 Å². The van der Waals surface area contributed by atoms with Crippen molar-refractivity contribution >= 4 is 16.7 Å². The third kappa shape index (κ3) is 2.29. The van der Waals surface area contributed by atoms with Gasteiger partial charge in [0.15, 0.2) is 0 Å². The maximum atomic E-state index is 5.66. The lowest BCUT2D eigenvalue weighted by Crippen LogP contribution is -2.10. The first-order valence-electron chi connectivity index (χ1n) is 7.81. The van der Waals surface area contributed by atoms with Gasteiger partial charge >= 0.3 is 0 Å². The third-order valence-corrected chi connectivity index (χ3v) is 4.34. The lowest BCUT2D eigenvalue weighted by atomic mass is 9.97. The van der Waals surface area contributed by atoms with E-state index in [1.165, 1.54) is 5.56 Å². The summed E-state index contributed by atoms with van der Waals surface area (Å²) in [4.78, 5) is 0. The van der Waals surface area contributed by atoms with Gasteiger partial charge in [0, 0.05) is 12.5 Å². The van der Waals surface area contributed by atoms with E-state index in [1.54, 1.807) is 20.5 Å². The lowest BCUT2D eigenvalue weighted by molar-refractivity contribution is 0.395. The number of furan rings is 1. The molecule has 0 radical (unpaired) electrons. The Kier molecular flexibility index (Phi) is 3.61. The molecule has 24 heavy (non-hydrogen) atoms. The summed E-state index contributed by atoms with van der Waals surface area (Å²) in [5.41, 5.74) is 6.95. The van der Waals surface area contributed by atoms with Gasteiger partial charge in [-0.1, -0.05) is 30.3 Å². The quantitative estimate of drug-likeness (QED) is 0.792. The maximum absolute atomic E-state index is 5.66. The lowest BCUT2D eigenvalue weighted by Gasteiger charge is -2.14. The second-order valence-electron chi connectivity index (χ2n) is 5.67. The fourth-order valence-corrected chi connectivity index (χ4v) is 3.18. The van der Waals surface area contributed by atoms with Crippen LogP contribution in [0.25, 0.3) is 11.0 Å². The van der Waals surface area contributed by atoms with Gasteiger partial charge in [-0.2, -0.15) is 5.10 Å². The minimum Gasteiger partial charge on any atom is -0.496 e. The number of methoxy groups -OCH3 is 2. The van der Waals surface area contributed by atoms with Crippen LogP contribution in [0.5, 0.6) is 11.5 Å². The minimum atomic E-state index is 0.149. The number of benzene rings is 2. The van der Waals surface area contributed by atoms with Gasteiger partial charge in [0.25, 0.3) is 0 Å². The van der Waals surface area contributed by atoms with Crippen LogP contribution in [0.4, 0.5) is 0 Å². The first-order valence-corrected chi connectivity index (χ1v) is 7.81. The van der Waals surface area contributed by atoms with Gasteiger partial charge in [-0.05, 0) is 11.6 Å². The largest absolute Gasteiger partial charge is 0.496 e. The molecule has 0 unspecified atom stereocenters. The molecule has 1 N–H and O–H groups in total. The number of ether oxygens (including phenoxy) is 2. The first kappa shape index (κ1) is 14.6. The Morgan fingerprint density at radius 3 is 2.71 bits per heavy atom. The number of hydrazone groups is 1. The fraction of sp³-hybridized carbons (Fsp3) is 0.211. The van der Waals surface area contributed by atoms with Crippen LogP contribution in [-0.2, 0) is 0 Å². The summed E-state index contributed by atoms with van der Waals surface area (Å²) in [6.07, 6.45) is 2.41. The van der Waals surface area contributed by atoms with E-state index in [0.717, 1.165) is 34.4 Å². The summed E-state index contributed by atoms with van der Waals surface area (Å²) in [6, 6.07) is 14.2. The molecule has 2 aromatic carbocycles. The monoisotopic (exact) mass is 322 g/mol. The normalized spacial score (nSPS) is 16.8. The Hall–Kier alpha value is -2.95. The molecule has 4 rings (SSSR count). The Labute approximate surface area is 139 Å². The Morgan fingerprint density at radius 1 is 1.12 bits per heavy atom. The average Bonchev–Trinajstić information content (AvgIpc) is 3.29. The number of hydrogen-bond acceptors (Lipinski definition) is 5. The summed E-state index contributed by atoms with van der Waals surface area (Å²) >= 11 is 0. The molecule has 0 saturated carbocycles. The number of nitrogens with zero attached hydrogens (tertiary/aromatic N) is 1. The van der Waals surface area contributed by atoms with Crippen molar-refractivity contribution in [2.45, 2.75) is 12.5 Å². The number of nitrogens with one attached hydrogen (secondary N) is 1. The minimum absolute atomic E-state index is 0.149. The van der Waals surface area contributed by atoms with Gasteiger partial charge < -0.3 is 19.3 Å². The maximum Gasteiger partial charge on any atom is 0.142 e. The molecule has 122 valence electrons. The van der Waals surface area contributed by atoms with Gasteiger partial charge in [0.1, 0.15) is 17.1 Å². The van der Waals surface area contributed by atoms with Crippen molar-refractivity contribution in [2.24, 2.45) is 5.10 Å². The molecular weight excluding hydrogens is 304 g/mol. The zero-order valence-corrected chi connectivity index (χ0v) is 13.6. The van der Waals surface area contributed by atoms with E-state index in [4.69, 9.17) is 13.9 Å². The summed E-state index contributed by atoms with van der Waals surface area (Å²) < 4.78 is 16.7. The van der Waals surface area contributed by atoms with E-state index in [2.05, 4.69) is 22.7 Å². The molecule has 1 atom stereocenters. The standard InChI is InChI=1S/C19H18N2O3/c1-22-17-11-16-13(8-9-24-16)19(23-2)18(17)15-10-14(20-21-15)12-6-4-3-5-7-12/h3-9,11,14,20H,10H2,1-2H3/t14-/m0/s1. The van der Waals surface area contributed by atoms with Gasteiger partial charge in [-0.3, -0.25) is 0 Å². The molecule has 0 saturated heterocycles. The fourth-order valence-electron chi connectivity index (χ4n) is 3.18. The molecule has 1 aliphatic heterocycles. The van der Waals surface area contributed by atoms with Crippen LogP contribution in [0.2, 0.25) is 0 Å². The zero-order valence-electron chi connectivity index (χ0n) is 13.6. The van der Waals surface area contributed by atoms with Gasteiger partial charge in [0.2, 0.25) is 0 Å². The van der Waals surface area contributed by atoms with E-state index in [9.17, 15) is 0 Å². The SMILES string of the molecule is COc1cc2occc2c(OC)c1C1=NN[C@H](c2ccccc2)C1. The predicted octanol–water partition coefficient (Wildman–Crippen LogP) is 3.89. The molecule has 5 nitrogen and oxygen atoms in total. The van der Waals surface area contributed by atoms with E-state index >= 15 is 0 Å². The molecule has 5 heteroatoms. The van der Waals surface area contributed by atoms with Crippen molar-refractivity contribution in [3.63, 3.8) is 0 Å². The molecule has 2 heterocycles. The third-order valence-electron chi connectivity index (χ3n) is 4.34. The van der Waals surface area contributed by atoms with E-state index in [1.807, 2.05) is 30.3 Å². The highest BCUT2D eigenvalue weighted by Crippen LogP contribution is 2.40. The average molecular weight is 322 g/mol. The number of fused-ring (bicyclic) bond motifs is 1. The molecule has 0 spiro atoms. The van der Waals surface area contributed by atoms with E-state index in [-0.39, 0.29) is 6.04 Å². The molecule has 3 aromatic rings. The van der Waals surface area contributed by atoms with Crippen molar-refractivity contribution in [2.75, 3.05) is 14.2 Å². The Balaban J connectivity index is 1.76. The molecule has 1 aliphatic rings. The Bertz CT molecular complexity index is 900. The zero-order chi connectivity index (χ0) is 16.5. The van der Waals surface area contributed by atoms with Crippen molar-refractivity contribution in [1.82, 2.24) is 5.43 Å². The summed E-state index contributed by atoms with van der Waals surface area (Å²) in [5, 5.41) is 5.46. The van der Waals surface area contributed by atoms with Crippen LogP contribution in [0.3, 0.4) is 0 Å².